The molecule has 4 amide bonds. The predicted octanol–water partition coefficient (Wildman–Crippen LogP) is 3.34. The molecule has 0 aromatic heterocycles. The standard InChI is InChI=1S/C23H27FN4O3/c1-16(2)25-23(31)26-20-6-3-5-18(15-20)22(30)28-12-4-11-27(13-14-28)21(29)17-7-9-19(24)10-8-17/h3,5-10,15-16H,4,11-14H2,1-2H3,(H2,25,26,31). The number of carbonyl (C=O) groups is 3. The van der Waals surface area contributed by atoms with Crippen molar-refractivity contribution in [3.63, 3.8) is 0 Å². The molecule has 3 rings (SSSR count). The van der Waals surface area contributed by atoms with Gasteiger partial charge in [-0.2, -0.15) is 0 Å². The Morgan fingerprint density at radius 1 is 0.871 bits per heavy atom. The van der Waals surface area contributed by atoms with Crippen LogP contribution in [0.1, 0.15) is 41.0 Å². The van der Waals surface area contributed by atoms with Crippen LogP contribution in [0, 0.1) is 5.82 Å². The maximum Gasteiger partial charge on any atom is 0.319 e. The van der Waals surface area contributed by atoms with Crippen LogP contribution in [0.15, 0.2) is 48.5 Å². The average Bonchev–Trinajstić information content (AvgIpc) is 2.99. The second kappa shape index (κ2) is 10.1. The highest BCUT2D eigenvalue weighted by atomic mass is 19.1. The van der Waals surface area contributed by atoms with Crippen LogP contribution in [0.25, 0.3) is 0 Å². The molecule has 0 unspecified atom stereocenters. The molecule has 31 heavy (non-hydrogen) atoms. The Bertz CT molecular complexity index is 946. The smallest absolute Gasteiger partial charge is 0.319 e. The Hall–Kier alpha value is -3.42. The summed E-state index contributed by atoms with van der Waals surface area (Å²) in [6.07, 6.45) is 0.646. The first-order valence-corrected chi connectivity index (χ1v) is 10.3. The van der Waals surface area contributed by atoms with Crippen molar-refractivity contribution in [2.45, 2.75) is 26.3 Å². The summed E-state index contributed by atoms with van der Waals surface area (Å²) in [5, 5.41) is 5.47. The number of amides is 4. The lowest BCUT2D eigenvalue weighted by Crippen LogP contribution is -2.37. The van der Waals surface area contributed by atoms with E-state index in [9.17, 15) is 18.8 Å². The lowest BCUT2D eigenvalue weighted by atomic mass is 10.1. The molecule has 0 radical (unpaired) electrons. The van der Waals surface area contributed by atoms with E-state index in [-0.39, 0.29) is 29.7 Å². The minimum Gasteiger partial charge on any atom is -0.337 e. The number of nitrogens with one attached hydrogen (secondary N) is 2. The van der Waals surface area contributed by atoms with E-state index in [1.807, 2.05) is 13.8 Å². The highest BCUT2D eigenvalue weighted by molar-refractivity contribution is 5.97. The summed E-state index contributed by atoms with van der Waals surface area (Å²) in [5.41, 5.74) is 1.44. The highest BCUT2D eigenvalue weighted by Gasteiger charge is 2.24. The van der Waals surface area contributed by atoms with E-state index >= 15 is 0 Å². The minimum atomic E-state index is -0.386. The Balaban J connectivity index is 1.63. The minimum absolute atomic E-state index is 0.00230. The second-order valence-corrected chi connectivity index (χ2v) is 7.78. The molecule has 1 aliphatic heterocycles. The summed E-state index contributed by atoms with van der Waals surface area (Å²) in [7, 11) is 0. The van der Waals surface area contributed by atoms with E-state index in [4.69, 9.17) is 0 Å². The SMILES string of the molecule is CC(C)NC(=O)Nc1cccc(C(=O)N2CCCN(C(=O)c3ccc(F)cc3)CC2)c1. The number of hydrogen-bond acceptors (Lipinski definition) is 3. The van der Waals surface area contributed by atoms with Gasteiger partial charge in [0.2, 0.25) is 0 Å². The molecule has 0 bridgehead atoms. The van der Waals surface area contributed by atoms with Crippen LogP contribution in [-0.2, 0) is 0 Å². The molecule has 0 saturated carbocycles. The largest absolute Gasteiger partial charge is 0.337 e. The van der Waals surface area contributed by atoms with Gasteiger partial charge in [-0.05, 0) is 62.7 Å². The van der Waals surface area contributed by atoms with Crippen LogP contribution in [0.3, 0.4) is 0 Å². The molecule has 0 atom stereocenters. The van der Waals surface area contributed by atoms with E-state index in [2.05, 4.69) is 10.6 Å². The quantitative estimate of drug-likeness (QED) is 0.787. The summed E-state index contributed by atoms with van der Waals surface area (Å²) < 4.78 is 13.1. The van der Waals surface area contributed by atoms with Crippen molar-refractivity contribution >= 4 is 23.5 Å². The first kappa shape index (κ1) is 22.3. The van der Waals surface area contributed by atoms with Gasteiger partial charge >= 0.3 is 6.03 Å². The summed E-state index contributed by atoms with van der Waals surface area (Å²) in [6, 6.07) is 12.0. The average molecular weight is 426 g/mol. The fourth-order valence-electron chi connectivity index (χ4n) is 3.44. The third-order valence-corrected chi connectivity index (χ3v) is 4.95. The maximum absolute atomic E-state index is 13.1. The van der Waals surface area contributed by atoms with E-state index in [0.29, 0.717) is 49.4 Å². The molecule has 8 heteroatoms. The second-order valence-electron chi connectivity index (χ2n) is 7.78. The van der Waals surface area contributed by atoms with E-state index in [1.54, 1.807) is 34.1 Å². The fraction of sp³-hybridized carbons (Fsp3) is 0.348. The van der Waals surface area contributed by atoms with E-state index in [1.165, 1.54) is 24.3 Å². The van der Waals surface area contributed by atoms with Crippen molar-refractivity contribution in [1.29, 1.82) is 0 Å². The molecule has 1 fully saturated rings. The van der Waals surface area contributed by atoms with Crippen LogP contribution in [0.4, 0.5) is 14.9 Å². The van der Waals surface area contributed by atoms with Crippen molar-refractivity contribution in [3.05, 3.63) is 65.5 Å². The Morgan fingerprint density at radius 3 is 2.10 bits per heavy atom. The van der Waals surface area contributed by atoms with Gasteiger partial charge < -0.3 is 20.4 Å². The number of halogens is 1. The predicted molar refractivity (Wildman–Crippen MR) is 117 cm³/mol. The zero-order chi connectivity index (χ0) is 22.4. The number of hydrogen-bond donors (Lipinski definition) is 2. The molecule has 1 saturated heterocycles. The number of anilines is 1. The third-order valence-electron chi connectivity index (χ3n) is 4.95. The van der Waals surface area contributed by atoms with Gasteiger partial charge in [0.05, 0.1) is 0 Å². The zero-order valence-electron chi connectivity index (χ0n) is 17.7. The molecule has 1 heterocycles. The van der Waals surface area contributed by atoms with Crippen molar-refractivity contribution in [1.82, 2.24) is 15.1 Å². The van der Waals surface area contributed by atoms with Crippen molar-refractivity contribution < 1.29 is 18.8 Å². The molecule has 164 valence electrons. The van der Waals surface area contributed by atoms with Crippen LogP contribution in [0.2, 0.25) is 0 Å². The molecular weight excluding hydrogens is 399 g/mol. The highest BCUT2D eigenvalue weighted by Crippen LogP contribution is 2.16. The van der Waals surface area contributed by atoms with Gasteiger partial charge in [-0.25, -0.2) is 9.18 Å². The zero-order valence-corrected chi connectivity index (χ0v) is 17.7. The summed E-state index contributed by atoms with van der Waals surface area (Å²) in [4.78, 5) is 41.0. The molecule has 2 aromatic carbocycles. The van der Waals surface area contributed by atoms with Gasteiger partial charge in [-0.1, -0.05) is 6.07 Å². The summed E-state index contributed by atoms with van der Waals surface area (Å²) in [6.45, 7) is 5.58. The molecular formula is C23H27FN4O3. The number of nitrogens with zero attached hydrogens (tertiary/aromatic N) is 2. The molecule has 2 N–H and O–H groups in total. The molecule has 7 nitrogen and oxygen atoms in total. The maximum atomic E-state index is 13.1. The van der Waals surface area contributed by atoms with Crippen LogP contribution >= 0.6 is 0 Å². The van der Waals surface area contributed by atoms with Crippen LogP contribution < -0.4 is 10.6 Å². The molecule has 0 aliphatic carbocycles. The number of benzene rings is 2. The third kappa shape index (κ3) is 6.04. The molecule has 0 spiro atoms. The van der Waals surface area contributed by atoms with Crippen molar-refractivity contribution in [2.75, 3.05) is 31.5 Å². The topological polar surface area (TPSA) is 81.8 Å². The molecule has 2 aromatic rings. The lowest BCUT2D eigenvalue weighted by Gasteiger charge is -2.22. The summed E-state index contributed by atoms with van der Waals surface area (Å²) >= 11 is 0. The Kier molecular flexibility index (Phi) is 7.23. The van der Waals surface area contributed by atoms with Crippen LogP contribution in [0.5, 0.6) is 0 Å². The van der Waals surface area contributed by atoms with Crippen LogP contribution in [-0.4, -0.2) is 59.9 Å². The van der Waals surface area contributed by atoms with Gasteiger partial charge in [0.25, 0.3) is 11.8 Å². The molecule has 1 aliphatic rings. The fourth-order valence-corrected chi connectivity index (χ4v) is 3.44. The van der Waals surface area contributed by atoms with Gasteiger partial charge in [0.1, 0.15) is 5.82 Å². The summed E-state index contributed by atoms with van der Waals surface area (Å²) in [5.74, 6) is -0.705. The van der Waals surface area contributed by atoms with Gasteiger partial charge in [-0.15, -0.1) is 0 Å². The number of rotatable bonds is 4. The van der Waals surface area contributed by atoms with Crippen molar-refractivity contribution in [2.24, 2.45) is 0 Å². The van der Waals surface area contributed by atoms with Crippen molar-refractivity contribution in [3.8, 4) is 0 Å². The normalized spacial score (nSPS) is 14.2. The Labute approximate surface area is 181 Å². The lowest BCUT2D eigenvalue weighted by molar-refractivity contribution is 0.0718. The first-order valence-electron chi connectivity index (χ1n) is 10.3. The number of urea groups is 1. The van der Waals surface area contributed by atoms with Gasteiger partial charge in [0, 0.05) is 49.0 Å². The Morgan fingerprint density at radius 2 is 1.48 bits per heavy atom. The van der Waals surface area contributed by atoms with E-state index < -0.39 is 0 Å². The monoisotopic (exact) mass is 426 g/mol. The van der Waals surface area contributed by atoms with Gasteiger partial charge in [0.15, 0.2) is 0 Å². The first-order chi connectivity index (χ1) is 14.8. The van der Waals surface area contributed by atoms with Gasteiger partial charge in [-0.3, -0.25) is 9.59 Å². The van der Waals surface area contributed by atoms with E-state index in [0.717, 1.165) is 0 Å². The number of carbonyl (C=O) groups excluding carboxylic acids is 3.